The molecule has 0 unspecified atom stereocenters. The van der Waals surface area contributed by atoms with Crippen LogP contribution in [0.1, 0.15) is 16.1 Å². The third-order valence-electron chi connectivity index (χ3n) is 4.01. The summed E-state index contributed by atoms with van der Waals surface area (Å²) in [5, 5.41) is 3.04. The second-order valence-electron chi connectivity index (χ2n) is 6.15. The van der Waals surface area contributed by atoms with E-state index in [0.717, 1.165) is 23.4 Å². The molecule has 30 heavy (non-hydrogen) atoms. The first kappa shape index (κ1) is 21.1. The zero-order valence-electron chi connectivity index (χ0n) is 16.3. The molecule has 10 heteroatoms. The number of hydrogen-bond acceptors (Lipinski definition) is 7. The molecule has 2 N–H and O–H groups in total. The first-order valence-electron chi connectivity index (χ1n) is 8.83. The van der Waals surface area contributed by atoms with Crippen LogP contribution in [-0.4, -0.2) is 51.5 Å². The molecule has 2 aromatic rings. The molecule has 1 aliphatic rings. The van der Waals surface area contributed by atoms with Gasteiger partial charge < -0.3 is 15.0 Å². The van der Waals surface area contributed by atoms with E-state index in [1.165, 1.54) is 24.4 Å². The van der Waals surface area contributed by atoms with Gasteiger partial charge in [0.25, 0.3) is 11.8 Å². The van der Waals surface area contributed by atoms with Crippen LogP contribution in [0, 0.1) is 6.92 Å². The number of hydrogen-bond donors (Lipinski definition) is 2. The number of ether oxygens (including phenoxy) is 1. The quantitative estimate of drug-likeness (QED) is 0.418. The third-order valence-corrected chi connectivity index (χ3v) is 5.01. The van der Waals surface area contributed by atoms with Crippen LogP contribution in [0.15, 0.2) is 59.2 Å². The zero-order chi connectivity index (χ0) is 21.7. The van der Waals surface area contributed by atoms with Crippen molar-refractivity contribution in [1.29, 1.82) is 0 Å². The molecule has 1 aliphatic heterocycles. The van der Waals surface area contributed by atoms with Gasteiger partial charge in [-0.25, -0.2) is 14.8 Å². The summed E-state index contributed by atoms with van der Waals surface area (Å²) in [4.78, 5) is 49.5. The van der Waals surface area contributed by atoms with Crippen molar-refractivity contribution >= 4 is 46.2 Å². The molecule has 0 aliphatic carbocycles. The van der Waals surface area contributed by atoms with Gasteiger partial charge in [0.1, 0.15) is 0 Å². The van der Waals surface area contributed by atoms with Gasteiger partial charge in [-0.3, -0.25) is 14.5 Å². The number of carbonyl (C=O) groups is 3. The Balaban J connectivity index is 1.88. The van der Waals surface area contributed by atoms with Crippen LogP contribution >= 0.6 is 11.8 Å². The minimum Gasteiger partial charge on any atom is -0.466 e. The predicted molar refractivity (Wildman–Crippen MR) is 114 cm³/mol. The standard InChI is InChI=1S/C20H19N5O4S/c1-4-9-25-19(28)14(10-15(26)29-3)30-20(25)24-17-16(21-11-22-17)18(27)23-13-7-5-12(2)6-8-13/h4-8,10-11H,1,9H2,2-3H3,(H,21,22)(H,23,27)/b14-10+,24-20-. The van der Waals surface area contributed by atoms with Crippen LogP contribution in [0.25, 0.3) is 0 Å². The fourth-order valence-electron chi connectivity index (χ4n) is 2.51. The summed E-state index contributed by atoms with van der Waals surface area (Å²) in [6.07, 6.45) is 3.97. The lowest BCUT2D eigenvalue weighted by Crippen LogP contribution is -2.29. The highest BCUT2D eigenvalue weighted by Gasteiger charge is 2.34. The van der Waals surface area contributed by atoms with E-state index < -0.39 is 17.8 Å². The van der Waals surface area contributed by atoms with Crippen LogP contribution in [-0.2, 0) is 14.3 Å². The molecule has 0 saturated carbocycles. The number of esters is 1. The monoisotopic (exact) mass is 425 g/mol. The van der Waals surface area contributed by atoms with Gasteiger partial charge in [-0.1, -0.05) is 23.8 Å². The lowest BCUT2D eigenvalue weighted by atomic mass is 10.2. The summed E-state index contributed by atoms with van der Waals surface area (Å²) in [7, 11) is 1.22. The van der Waals surface area contributed by atoms with Crippen LogP contribution < -0.4 is 5.32 Å². The molecule has 1 aromatic heterocycles. The average molecular weight is 425 g/mol. The normalized spacial score (nSPS) is 16.2. The molecular weight excluding hydrogens is 406 g/mol. The van der Waals surface area contributed by atoms with Crippen molar-refractivity contribution in [2.45, 2.75) is 6.92 Å². The van der Waals surface area contributed by atoms with Crippen LogP contribution in [0.5, 0.6) is 0 Å². The van der Waals surface area contributed by atoms with Gasteiger partial charge in [-0.15, -0.1) is 6.58 Å². The van der Waals surface area contributed by atoms with E-state index in [1.807, 2.05) is 19.1 Å². The van der Waals surface area contributed by atoms with Crippen molar-refractivity contribution in [3.05, 3.63) is 65.5 Å². The Morgan fingerprint density at radius 1 is 1.37 bits per heavy atom. The fraction of sp³-hybridized carbons (Fsp3) is 0.150. The number of aryl methyl sites for hydroxylation is 1. The van der Waals surface area contributed by atoms with Gasteiger partial charge in [-0.05, 0) is 30.8 Å². The van der Waals surface area contributed by atoms with Gasteiger partial charge in [-0.2, -0.15) is 0 Å². The summed E-state index contributed by atoms with van der Waals surface area (Å²) in [5.74, 6) is -1.37. The first-order valence-corrected chi connectivity index (χ1v) is 9.65. The lowest BCUT2D eigenvalue weighted by molar-refractivity contribution is -0.135. The van der Waals surface area contributed by atoms with Crippen molar-refractivity contribution < 1.29 is 19.1 Å². The van der Waals surface area contributed by atoms with Crippen LogP contribution in [0.2, 0.25) is 0 Å². The maximum atomic E-state index is 12.6. The Morgan fingerprint density at radius 3 is 2.77 bits per heavy atom. The number of amides is 2. The van der Waals surface area contributed by atoms with E-state index in [2.05, 4.69) is 31.6 Å². The minimum atomic E-state index is -0.649. The summed E-state index contributed by atoms with van der Waals surface area (Å²) in [6.45, 7) is 5.77. The van der Waals surface area contributed by atoms with Crippen molar-refractivity contribution in [3.8, 4) is 0 Å². The molecule has 2 heterocycles. The van der Waals surface area contributed by atoms with Crippen molar-refractivity contribution in [2.24, 2.45) is 4.99 Å². The van der Waals surface area contributed by atoms with E-state index in [-0.39, 0.29) is 28.1 Å². The van der Waals surface area contributed by atoms with E-state index in [1.54, 1.807) is 12.1 Å². The summed E-state index contributed by atoms with van der Waals surface area (Å²) in [6, 6.07) is 7.34. The summed E-state index contributed by atoms with van der Waals surface area (Å²) < 4.78 is 4.58. The van der Waals surface area contributed by atoms with Gasteiger partial charge in [0.05, 0.1) is 18.3 Å². The van der Waals surface area contributed by atoms with Gasteiger partial charge in [0.2, 0.25) is 0 Å². The molecular formula is C20H19N5O4S. The van der Waals surface area contributed by atoms with Gasteiger partial charge >= 0.3 is 5.97 Å². The largest absolute Gasteiger partial charge is 0.466 e. The molecule has 154 valence electrons. The molecule has 0 radical (unpaired) electrons. The van der Waals surface area contributed by atoms with E-state index in [4.69, 9.17) is 0 Å². The van der Waals surface area contributed by atoms with E-state index >= 15 is 0 Å². The third kappa shape index (κ3) is 4.66. The zero-order valence-corrected chi connectivity index (χ0v) is 17.2. The Bertz CT molecular complexity index is 1060. The number of aromatic nitrogens is 2. The highest BCUT2D eigenvalue weighted by Crippen LogP contribution is 2.33. The maximum Gasteiger partial charge on any atom is 0.331 e. The number of imidazole rings is 1. The van der Waals surface area contributed by atoms with Crippen molar-refractivity contribution in [1.82, 2.24) is 14.9 Å². The highest BCUT2D eigenvalue weighted by atomic mass is 32.2. The molecule has 1 aromatic carbocycles. The SMILES string of the molecule is C=CCN1C(=O)/C(=C\C(=O)OC)S/C1=N\c1nc[nH]c1C(=O)Nc1ccc(C)cc1. The number of nitrogens with zero attached hydrogens (tertiary/aromatic N) is 3. The molecule has 0 bridgehead atoms. The number of H-pyrrole nitrogens is 1. The van der Waals surface area contributed by atoms with Gasteiger partial charge in [0.15, 0.2) is 16.7 Å². The lowest BCUT2D eigenvalue weighted by Gasteiger charge is -2.12. The Morgan fingerprint density at radius 2 is 2.10 bits per heavy atom. The number of aliphatic imine (C=N–C) groups is 1. The van der Waals surface area contributed by atoms with Crippen LogP contribution in [0.4, 0.5) is 11.5 Å². The Kier molecular flexibility index (Phi) is 6.48. The molecule has 9 nitrogen and oxygen atoms in total. The smallest absolute Gasteiger partial charge is 0.331 e. The molecule has 0 atom stereocenters. The topological polar surface area (TPSA) is 117 Å². The highest BCUT2D eigenvalue weighted by molar-refractivity contribution is 8.18. The Labute approximate surface area is 176 Å². The number of benzene rings is 1. The number of rotatable bonds is 6. The number of carbonyl (C=O) groups excluding carboxylic acids is 3. The number of aromatic amines is 1. The van der Waals surface area contributed by atoms with E-state index in [0.29, 0.717) is 5.69 Å². The number of nitrogens with one attached hydrogen (secondary N) is 2. The molecule has 3 rings (SSSR count). The number of methoxy groups -OCH3 is 1. The molecule has 1 saturated heterocycles. The summed E-state index contributed by atoms with van der Waals surface area (Å²) >= 11 is 0.988. The average Bonchev–Trinajstić information content (AvgIpc) is 3.30. The van der Waals surface area contributed by atoms with Crippen molar-refractivity contribution in [2.75, 3.05) is 19.0 Å². The second-order valence-corrected chi connectivity index (χ2v) is 7.16. The maximum absolute atomic E-state index is 12.6. The second kappa shape index (κ2) is 9.23. The molecule has 2 amide bonds. The molecule has 1 fully saturated rings. The van der Waals surface area contributed by atoms with Gasteiger partial charge in [0, 0.05) is 18.3 Å². The van der Waals surface area contributed by atoms with Crippen molar-refractivity contribution in [3.63, 3.8) is 0 Å². The predicted octanol–water partition coefficient (Wildman–Crippen LogP) is 2.78. The Hall–Kier alpha value is -3.66. The first-order chi connectivity index (χ1) is 14.4. The number of amidine groups is 1. The van der Waals surface area contributed by atoms with E-state index in [9.17, 15) is 14.4 Å². The summed E-state index contributed by atoms with van der Waals surface area (Å²) in [5.41, 5.74) is 1.84. The van der Waals surface area contributed by atoms with Crippen LogP contribution in [0.3, 0.4) is 0 Å². The minimum absolute atomic E-state index is 0.114. The molecule has 0 spiro atoms. The number of anilines is 1. The fourth-order valence-corrected chi connectivity index (χ4v) is 3.46. The number of thioether (sulfide) groups is 1.